The number of unbranched alkanes of at least 4 members (excludes halogenated alkanes) is 2. The van der Waals surface area contributed by atoms with Crippen LogP contribution in [0.25, 0.3) is 11.3 Å². The number of nitrogens with zero attached hydrogens (tertiary/aromatic N) is 2. The molecule has 2 aromatic rings. The summed E-state index contributed by atoms with van der Waals surface area (Å²) in [5.41, 5.74) is 6.92. The lowest BCUT2D eigenvalue weighted by Crippen LogP contribution is -2.40. The molecule has 7 heteroatoms. The summed E-state index contributed by atoms with van der Waals surface area (Å²) in [5.74, 6) is 0.460. The van der Waals surface area contributed by atoms with Gasteiger partial charge in [-0.2, -0.15) is 0 Å². The largest absolute Gasteiger partial charge is 0.361 e. The number of hydrogen-bond donors (Lipinski definition) is 1. The topological polar surface area (TPSA) is 72.4 Å². The van der Waals surface area contributed by atoms with Crippen LogP contribution < -0.4 is 5.73 Å². The number of aromatic nitrogens is 1. The molecule has 25 heavy (non-hydrogen) atoms. The Balaban J connectivity index is 0.00000312. The van der Waals surface area contributed by atoms with E-state index in [0.29, 0.717) is 17.8 Å². The maximum Gasteiger partial charge on any atom is 0.238 e. The molecule has 138 valence electrons. The van der Waals surface area contributed by atoms with Crippen molar-refractivity contribution in [3.05, 3.63) is 41.9 Å². The molecule has 1 aromatic heterocycles. The Morgan fingerprint density at radius 2 is 2.08 bits per heavy atom. The first-order valence-corrected chi connectivity index (χ1v) is 8.19. The summed E-state index contributed by atoms with van der Waals surface area (Å²) in [6, 6.07) is 7.69. The van der Waals surface area contributed by atoms with Gasteiger partial charge in [-0.05, 0) is 31.9 Å². The van der Waals surface area contributed by atoms with Gasteiger partial charge in [-0.1, -0.05) is 23.7 Å². The number of likely N-dealkylation sites (N-methyl/N-ethyl adjacent to an activating group) is 1. The minimum Gasteiger partial charge on any atom is -0.361 e. The number of rotatable bonds is 8. The molecule has 0 saturated carbocycles. The Bertz CT molecular complexity index is 676. The van der Waals surface area contributed by atoms with Crippen LogP contribution in [-0.2, 0) is 11.2 Å². The Morgan fingerprint density at radius 1 is 1.32 bits per heavy atom. The highest BCUT2D eigenvalue weighted by atomic mass is 35.5. The van der Waals surface area contributed by atoms with Crippen LogP contribution in [0, 0.1) is 5.82 Å². The third-order valence-corrected chi connectivity index (χ3v) is 3.86. The van der Waals surface area contributed by atoms with Crippen LogP contribution in [0.5, 0.6) is 0 Å². The maximum absolute atomic E-state index is 13.2. The van der Waals surface area contributed by atoms with Gasteiger partial charge in [-0.15, -0.1) is 12.4 Å². The molecule has 0 aliphatic heterocycles. The minimum absolute atomic E-state index is 0. The fourth-order valence-corrected chi connectivity index (χ4v) is 2.50. The molecule has 2 rings (SSSR count). The highest BCUT2D eigenvalue weighted by Crippen LogP contribution is 2.20. The summed E-state index contributed by atoms with van der Waals surface area (Å²) in [4.78, 5) is 13.3. The molecule has 1 aromatic carbocycles. The Labute approximate surface area is 153 Å². The van der Waals surface area contributed by atoms with E-state index < -0.39 is 6.04 Å². The van der Waals surface area contributed by atoms with Crippen molar-refractivity contribution in [2.24, 2.45) is 5.73 Å². The van der Waals surface area contributed by atoms with Crippen LogP contribution >= 0.6 is 12.4 Å². The number of carbonyl (C=O) groups is 1. The average molecular weight is 370 g/mol. The van der Waals surface area contributed by atoms with E-state index in [4.69, 9.17) is 10.3 Å². The average Bonchev–Trinajstić information content (AvgIpc) is 3.02. The van der Waals surface area contributed by atoms with Gasteiger partial charge in [-0.3, -0.25) is 4.79 Å². The molecule has 1 amide bonds. The van der Waals surface area contributed by atoms with Gasteiger partial charge < -0.3 is 15.2 Å². The fourth-order valence-electron chi connectivity index (χ4n) is 2.50. The van der Waals surface area contributed by atoms with E-state index in [2.05, 4.69) is 5.16 Å². The van der Waals surface area contributed by atoms with Gasteiger partial charge in [0, 0.05) is 31.6 Å². The minimum atomic E-state index is -0.453. The molecule has 0 radical (unpaired) electrons. The highest BCUT2D eigenvalue weighted by Gasteiger charge is 2.12. The molecule has 0 aliphatic carbocycles. The van der Waals surface area contributed by atoms with Gasteiger partial charge in [-0.25, -0.2) is 4.39 Å². The number of nitrogens with two attached hydrogens (primary N) is 1. The van der Waals surface area contributed by atoms with Gasteiger partial charge in [0.15, 0.2) is 0 Å². The van der Waals surface area contributed by atoms with Crippen LogP contribution in [0.15, 0.2) is 34.9 Å². The molecule has 0 spiro atoms. The highest BCUT2D eigenvalue weighted by molar-refractivity contribution is 5.85. The van der Waals surface area contributed by atoms with Crippen molar-refractivity contribution in [3.8, 4) is 11.3 Å². The van der Waals surface area contributed by atoms with Crippen molar-refractivity contribution in [1.82, 2.24) is 10.1 Å². The van der Waals surface area contributed by atoms with E-state index in [1.165, 1.54) is 12.1 Å². The van der Waals surface area contributed by atoms with Gasteiger partial charge in [0.25, 0.3) is 0 Å². The van der Waals surface area contributed by atoms with Crippen LogP contribution in [0.2, 0.25) is 0 Å². The zero-order valence-electron chi connectivity index (χ0n) is 14.6. The summed E-state index contributed by atoms with van der Waals surface area (Å²) in [7, 11) is 1.77. The Hall–Kier alpha value is -1.92. The second kappa shape index (κ2) is 10.2. The zero-order valence-corrected chi connectivity index (χ0v) is 15.4. The number of halogens is 2. The summed E-state index contributed by atoms with van der Waals surface area (Å²) in [6.07, 6.45) is 3.61. The molecular weight excluding hydrogens is 345 g/mol. The lowest BCUT2D eigenvalue weighted by molar-refractivity contribution is -0.130. The Kier molecular flexibility index (Phi) is 8.58. The SMILES string of the molecule is C[C@H](N)C(=O)N(C)CCCCCc1cc(-c2cccc(F)c2)no1.Cl. The number of benzene rings is 1. The molecule has 0 aliphatic rings. The second-order valence-electron chi connectivity index (χ2n) is 6.05. The predicted octanol–water partition coefficient (Wildman–Crippen LogP) is 3.42. The molecule has 5 nitrogen and oxygen atoms in total. The van der Waals surface area contributed by atoms with Gasteiger partial charge >= 0.3 is 0 Å². The molecular formula is C18H25ClFN3O2. The van der Waals surface area contributed by atoms with Crippen molar-refractivity contribution in [1.29, 1.82) is 0 Å². The smallest absolute Gasteiger partial charge is 0.238 e. The van der Waals surface area contributed by atoms with E-state index in [-0.39, 0.29) is 24.1 Å². The van der Waals surface area contributed by atoms with E-state index in [1.807, 2.05) is 6.07 Å². The fraction of sp³-hybridized carbons (Fsp3) is 0.444. The van der Waals surface area contributed by atoms with Gasteiger partial charge in [0.2, 0.25) is 5.91 Å². The van der Waals surface area contributed by atoms with Crippen LogP contribution in [0.3, 0.4) is 0 Å². The summed E-state index contributed by atoms with van der Waals surface area (Å²) >= 11 is 0. The monoisotopic (exact) mass is 369 g/mol. The van der Waals surface area contributed by atoms with E-state index in [9.17, 15) is 9.18 Å². The molecule has 1 atom stereocenters. The van der Waals surface area contributed by atoms with Crippen LogP contribution in [-0.4, -0.2) is 35.6 Å². The van der Waals surface area contributed by atoms with E-state index in [1.54, 1.807) is 31.0 Å². The first kappa shape index (κ1) is 21.1. The van der Waals surface area contributed by atoms with Crippen molar-refractivity contribution in [2.75, 3.05) is 13.6 Å². The van der Waals surface area contributed by atoms with Crippen molar-refractivity contribution < 1.29 is 13.7 Å². The molecule has 2 N–H and O–H groups in total. The molecule has 1 heterocycles. The maximum atomic E-state index is 13.2. The van der Waals surface area contributed by atoms with Gasteiger partial charge in [0.05, 0.1) is 6.04 Å². The zero-order chi connectivity index (χ0) is 17.5. The first-order valence-electron chi connectivity index (χ1n) is 8.19. The van der Waals surface area contributed by atoms with Crippen molar-refractivity contribution in [2.45, 2.75) is 38.6 Å². The molecule has 0 bridgehead atoms. The third-order valence-electron chi connectivity index (χ3n) is 3.86. The van der Waals surface area contributed by atoms with E-state index >= 15 is 0 Å². The molecule has 0 saturated heterocycles. The first-order chi connectivity index (χ1) is 11.5. The Morgan fingerprint density at radius 3 is 2.76 bits per heavy atom. The van der Waals surface area contributed by atoms with Crippen molar-refractivity contribution in [3.63, 3.8) is 0 Å². The second-order valence-corrected chi connectivity index (χ2v) is 6.05. The number of aryl methyl sites for hydroxylation is 1. The summed E-state index contributed by atoms with van der Waals surface area (Å²) < 4.78 is 18.5. The number of carbonyl (C=O) groups excluding carboxylic acids is 1. The van der Waals surface area contributed by atoms with E-state index in [0.717, 1.165) is 31.4 Å². The van der Waals surface area contributed by atoms with Crippen LogP contribution in [0.4, 0.5) is 4.39 Å². The number of amides is 1. The van der Waals surface area contributed by atoms with Crippen LogP contribution in [0.1, 0.15) is 31.9 Å². The molecule has 0 unspecified atom stereocenters. The van der Waals surface area contributed by atoms with Crippen molar-refractivity contribution >= 4 is 18.3 Å². The molecule has 0 fully saturated rings. The predicted molar refractivity (Wildman–Crippen MR) is 98.0 cm³/mol. The number of hydrogen-bond acceptors (Lipinski definition) is 4. The summed E-state index contributed by atoms with van der Waals surface area (Å²) in [6.45, 7) is 2.39. The van der Waals surface area contributed by atoms with Gasteiger partial charge in [0.1, 0.15) is 17.3 Å². The standard InChI is InChI=1S/C18H24FN3O2.ClH/c1-13(20)18(23)22(2)10-5-3-4-9-16-12-17(21-24-16)14-7-6-8-15(19)11-14;/h6-8,11-13H,3-5,9-10,20H2,1-2H3;1H/t13-;/m0./s1. The lowest BCUT2D eigenvalue weighted by atomic mass is 10.1. The normalized spacial score (nSPS) is 11.7. The lowest BCUT2D eigenvalue weighted by Gasteiger charge is -2.18. The third kappa shape index (κ3) is 6.48. The quantitative estimate of drug-likeness (QED) is 0.723. The summed E-state index contributed by atoms with van der Waals surface area (Å²) in [5, 5.41) is 3.99.